The van der Waals surface area contributed by atoms with Crippen molar-refractivity contribution in [1.29, 1.82) is 0 Å². The molecule has 0 saturated heterocycles. The number of nitrogens with zero attached hydrogens (tertiary/aromatic N) is 1. The van der Waals surface area contributed by atoms with Crippen molar-refractivity contribution in [2.75, 3.05) is 46.8 Å². The predicted molar refractivity (Wildman–Crippen MR) is 117 cm³/mol. The number of nitrogens with one attached hydrogen (secondary N) is 2. The van der Waals surface area contributed by atoms with Gasteiger partial charge in [-0.25, -0.2) is 0 Å². The molecule has 0 spiro atoms. The van der Waals surface area contributed by atoms with Crippen LogP contribution in [0.25, 0.3) is 0 Å². The first kappa shape index (κ1) is 22.2. The third-order valence-electron chi connectivity index (χ3n) is 4.33. The second-order valence-corrected chi connectivity index (χ2v) is 6.22. The quantitative estimate of drug-likeness (QED) is 0.359. The maximum atomic E-state index is 5.62. The van der Waals surface area contributed by atoms with E-state index in [1.54, 1.807) is 28.4 Å². The number of hydrogen-bond acceptors (Lipinski definition) is 5. The van der Waals surface area contributed by atoms with Crippen LogP contribution in [0.15, 0.2) is 41.4 Å². The first-order chi connectivity index (χ1) is 14.1. The van der Waals surface area contributed by atoms with Crippen molar-refractivity contribution >= 4 is 11.6 Å². The number of hydrogen-bond donors (Lipinski definition) is 2. The first-order valence-corrected chi connectivity index (χ1v) is 9.64. The molecule has 0 aliphatic carbocycles. The number of guanidine groups is 1. The Kier molecular flexibility index (Phi) is 8.95. The number of aryl methyl sites for hydroxylation is 1. The lowest BCUT2D eigenvalue weighted by Gasteiger charge is -2.15. The lowest BCUT2D eigenvalue weighted by Crippen LogP contribution is -2.31. The SMILES string of the molecule is CCOc1cc(NC(=NC)NCCCc2ccc(OC)c(OC)c2)ccc1OC. The average molecular weight is 402 g/mol. The fourth-order valence-corrected chi connectivity index (χ4v) is 2.87. The van der Waals surface area contributed by atoms with Crippen molar-refractivity contribution in [3.63, 3.8) is 0 Å². The lowest BCUT2D eigenvalue weighted by molar-refractivity contribution is 0.311. The van der Waals surface area contributed by atoms with Gasteiger partial charge < -0.3 is 29.6 Å². The Morgan fingerprint density at radius 3 is 2.24 bits per heavy atom. The molecule has 0 heterocycles. The average Bonchev–Trinajstić information content (AvgIpc) is 2.76. The fourth-order valence-electron chi connectivity index (χ4n) is 2.87. The van der Waals surface area contributed by atoms with Gasteiger partial charge in [0.25, 0.3) is 0 Å². The van der Waals surface area contributed by atoms with Crippen molar-refractivity contribution in [3.05, 3.63) is 42.0 Å². The molecule has 2 aromatic rings. The van der Waals surface area contributed by atoms with Gasteiger partial charge in [0.1, 0.15) is 0 Å². The van der Waals surface area contributed by atoms with Gasteiger partial charge in [-0.3, -0.25) is 4.99 Å². The summed E-state index contributed by atoms with van der Waals surface area (Å²) < 4.78 is 21.6. The molecular weight excluding hydrogens is 370 g/mol. The van der Waals surface area contributed by atoms with Crippen LogP contribution in [0.4, 0.5) is 5.69 Å². The smallest absolute Gasteiger partial charge is 0.195 e. The van der Waals surface area contributed by atoms with Crippen LogP contribution in [0.5, 0.6) is 23.0 Å². The van der Waals surface area contributed by atoms with Gasteiger partial charge in [-0.05, 0) is 49.6 Å². The molecule has 2 N–H and O–H groups in total. The third-order valence-corrected chi connectivity index (χ3v) is 4.33. The van der Waals surface area contributed by atoms with Gasteiger partial charge in [-0.2, -0.15) is 0 Å². The summed E-state index contributed by atoms with van der Waals surface area (Å²) in [7, 11) is 6.66. The Labute approximate surface area is 173 Å². The Hall–Kier alpha value is -3.09. The van der Waals surface area contributed by atoms with Crippen molar-refractivity contribution in [3.8, 4) is 23.0 Å². The molecule has 158 valence electrons. The van der Waals surface area contributed by atoms with Gasteiger partial charge >= 0.3 is 0 Å². The first-order valence-electron chi connectivity index (χ1n) is 9.64. The van der Waals surface area contributed by atoms with Crippen molar-refractivity contribution in [1.82, 2.24) is 5.32 Å². The molecule has 0 aliphatic heterocycles. The van der Waals surface area contributed by atoms with Gasteiger partial charge in [-0.15, -0.1) is 0 Å². The molecular formula is C22H31N3O4. The second kappa shape index (κ2) is 11.7. The van der Waals surface area contributed by atoms with Crippen LogP contribution >= 0.6 is 0 Å². The third kappa shape index (κ3) is 6.48. The number of benzene rings is 2. The normalized spacial score (nSPS) is 11.0. The molecule has 0 aliphatic rings. The van der Waals surface area contributed by atoms with Gasteiger partial charge in [0.15, 0.2) is 29.0 Å². The van der Waals surface area contributed by atoms with Crippen LogP contribution in [0.3, 0.4) is 0 Å². The summed E-state index contributed by atoms with van der Waals surface area (Å²) in [6.07, 6.45) is 1.87. The van der Waals surface area contributed by atoms with E-state index in [4.69, 9.17) is 18.9 Å². The number of methoxy groups -OCH3 is 3. The molecule has 29 heavy (non-hydrogen) atoms. The second-order valence-electron chi connectivity index (χ2n) is 6.22. The minimum absolute atomic E-state index is 0.572. The molecule has 0 saturated carbocycles. The van der Waals surface area contributed by atoms with Gasteiger partial charge in [0, 0.05) is 25.3 Å². The van der Waals surface area contributed by atoms with E-state index in [9.17, 15) is 0 Å². The van der Waals surface area contributed by atoms with E-state index in [1.165, 1.54) is 5.56 Å². The van der Waals surface area contributed by atoms with E-state index in [0.29, 0.717) is 24.1 Å². The summed E-state index contributed by atoms with van der Waals surface area (Å²) in [6, 6.07) is 11.7. The summed E-state index contributed by atoms with van der Waals surface area (Å²) >= 11 is 0. The molecule has 0 unspecified atom stereocenters. The topological polar surface area (TPSA) is 73.3 Å². The number of ether oxygens (including phenoxy) is 4. The molecule has 2 rings (SSSR count). The standard InChI is InChI=1S/C22H31N3O4/c1-6-29-21-15-17(10-12-19(21)27-4)25-22(23-2)24-13-7-8-16-9-11-18(26-3)20(14-16)28-5/h9-12,14-15H,6-8,13H2,1-5H3,(H2,23,24,25). The van der Waals surface area contributed by atoms with Crippen molar-refractivity contribution < 1.29 is 18.9 Å². The fraction of sp³-hybridized carbons (Fsp3) is 0.409. The zero-order chi connectivity index (χ0) is 21.1. The van der Waals surface area contributed by atoms with Crippen LogP contribution in [0.2, 0.25) is 0 Å². The molecule has 0 bridgehead atoms. The van der Waals surface area contributed by atoms with Gasteiger partial charge in [0.05, 0.1) is 27.9 Å². The Balaban J connectivity index is 1.87. The van der Waals surface area contributed by atoms with E-state index in [-0.39, 0.29) is 0 Å². The predicted octanol–water partition coefficient (Wildman–Crippen LogP) is 3.73. The lowest BCUT2D eigenvalue weighted by atomic mass is 10.1. The van der Waals surface area contributed by atoms with Gasteiger partial charge in [-0.1, -0.05) is 6.07 Å². The molecule has 2 aromatic carbocycles. The number of aliphatic imine (C=N–C) groups is 1. The van der Waals surface area contributed by atoms with Crippen LogP contribution in [-0.4, -0.2) is 47.5 Å². The number of anilines is 1. The zero-order valence-electron chi connectivity index (χ0n) is 17.9. The largest absolute Gasteiger partial charge is 0.493 e. The van der Waals surface area contributed by atoms with Crippen molar-refractivity contribution in [2.24, 2.45) is 4.99 Å². The van der Waals surface area contributed by atoms with E-state index >= 15 is 0 Å². The highest BCUT2D eigenvalue weighted by Crippen LogP contribution is 2.30. The Bertz CT molecular complexity index is 809. The van der Waals surface area contributed by atoms with Crippen molar-refractivity contribution in [2.45, 2.75) is 19.8 Å². The summed E-state index contributed by atoms with van der Waals surface area (Å²) in [5.41, 5.74) is 2.08. The summed E-state index contributed by atoms with van der Waals surface area (Å²) in [4.78, 5) is 4.28. The van der Waals surface area contributed by atoms with E-state index in [2.05, 4.69) is 21.7 Å². The van der Waals surface area contributed by atoms with Crippen LogP contribution < -0.4 is 29.6 Å². The molecule has 7 heteroatoms. The molecule has 0 radical (unpaired) electrons. The van der Waals surface area contributed by atoms with Crippen LogP contribution in [0, 0.1) is 0 Å². The monoisotopic (exact) mass is 401 g/mol. The minimum atomic E-state index is 0.572. The summed E-state index contributed by atoms with van der Waals surface area (Å²) in [5.74, 6) is 3.59. The molecule has 0 aromatic heterocycles. The van der Waals surface area contributed by atoms with Crippen LogP contribution in [0.1, 0.15) is 18.9 Å². The van der Waals surface area contributed by atoms with Gasteiger partial charge in [0.2, 0.25) is 0 Å². The maximum Gasteiger partial charge on any atom is 0.195 e. The minimum Gasteiger partial charge on any atom is -0.493 e. The van der Waals surface area contributed by atoms with E-state index in [1.807, 2.05) is 37.3 Å². The highest BCUT2D eigenvalue weighted by atomic mass is 16.5. The maximum absolute atomic E-state index is 5.62. The molecule has 0 amide bonds. The Morgan fingerprint density at radius 1 is 0.897 bits per heavy atom. The number of rotatable bonds is 10. The highest BCUT2D eigenvalue weighted by Gasteiger charge is 2.07. The van der Waals surface area contributed by atoms with Crippen LogP contribution in [-0.2, 0) is 6.42 Å². The molecule has 0 fully saturated rings. The Morgan fingerprint density at radius 2 is 1.59 bits per heavy atom. The highest BCUT2D eigenvalue weighted by molar-refractivity contribution is 5.93. The van der Waals surface area contributed by atoms with E-state index in [0.717, 1.165) is 36.6 Å². The molecule has 7 nitrogen and oxygen atoms in total. The molecule has 0 atom stereocenters. The van der Waals surface area contributed by atoms with E-state index < -0.39 is 0 Å². The summed E-state index contributed by atoms with van der Waals surface area (Å²) in [5, 5.41) is 6.61. The summed E-state index contributed by atoms with van der Waals surface area (Å²) in [6.45, 7) is 3.30. The zero-order valence-corrected chi connectivity index (χ0v) is 17.9.